The normalized spacial score (nSPS) is 11.1. The molecule has 0 aromatic heterocycles. The molecule has 0 aliphatic carbocycles. The summed E-state index contributed by atoms with van der Waals surface area (Å²) in [4.78, 5) is 11.8. The zero-order valence-electron chi connectivity index (χ0n) is 10.8. The molecule has 3 nitrogen and oxygen atoms in total. The Balaban J connectivity index is 2.05. The van der Waals surface area contributed by atoms with Gasteiger partial charge in [0, 0.05) is 5.69 Å². The number of hydrogen-bond acceptors (Lipinski definition) is 1. The van der Waals surface area contributed by atoms with E-state index in [0.29, 0.717) is 5.69 Å². The van der Waals surface area contributed by atoms with Crippen molar-refractivity contribution in [2.24, 2.45) is 0 Å². The smallest absolute Gasteiger partial charge is 0.308 e. The SMILES string of the molecule is O=C(Nc1ccc(C(F)(F)F)cc1)Nc1cccc(Cl)c1Cl. The van der Waals surface area contributed by atoms with Crippen LogP contribution in [0.3, 0.4) is 0 Å². The zero-order valence-corrected chi connectivity index (χ0v) is 12.4. The lowest BCUT2D eigenvalue weighted by atomic mass is 10.2. The minimum atomic E-state index is -4.42. The van der Waals surface area contributed by atoms with Crippen LogP contribution in [0.15, 0.2) is 42.5 Å². The molecule has 8 heteroatoms. The number of nitrogens with one attached hydrogen (secondary N) is 2. The van der Waals surface area contributed by atoms with E-state index >= 15 is 0 Å². The number of alkyl halides is 3. The van der Waals surface area contributed by atoms with E-state index in [4.69, 9.17) is 23.2 Å². The van der Waals surface area contributed by atoms with Crippen molar-refractivity contribution < 1.29 is 18.0 Å². The van der Waals surface area contributed by atoms with E-state index in [9.17, 15) is 18.0 Å². The lowest BCUT2D eigenvalue weighted by molar-refractivity contribution is -0.137. The molecule has 0 aliphatic rings. The van der Waals surface area contributed by atoms with Crippen molar-refractivity contribution in [2.75, 3.05) is 10.6 Å². The highest BCUT2D eigenvalue weighted by Crippen LogP contribution is 2.31. The maximum Gasteiger partial charge on any atom is 0.416 e. The molecule has 0 saturated carbocycles. The third kappa shape index (κ3) is 4.05. The third-order valence-corrected chi connectivity index (χ3v) is 3.49. The van der Waals surface area contributed by atoms with Crippen LogP contribution in [0.4, 0.5) is 29.3 Å². The fourth-order valence-corrected chi connectivity index (χ4v) is 1.98. The number of amides is 2. The van der Waals surface area contributed by atoms with Crippen LogP contribution < -0.4 is 10.6 Å². The summed E-state index contributed by atoms with van der Waals surface area (Å²) >= 11 is 11.7. The number of rotatable bonds is 2. The Kier molecular flexibility index (Phi) is 4.83. The topological polar surface area (TPSA) is 41.1 Å². The summed E-state index contributed by atoms with van der Waals surface area (Å²) in [6, 6.07) is 8.11. The molecule has 0 bridgehead atoms. The van der Waals surface area contributed by atoms with Crippen molar-refractivity contribution in [2.45, 2.75) is 6.18 Å². The second kappa shape index (κ2) is 6.46. The van der Waals surface area contributed by atoms with Gasteiger partial charge in [0.2, 0.25) is 0 Å². The minimum absolute atomic E-state index is 0.173. The Morgan fingerprint density at radius 1 is 0.955 bits per heavy atom. The first-order valence-electron chi connectivity index (χ1n) is 5.96. The van der Waals surface area contributed by atoms with Gasteiger partial charge in [-0.3, -0.25) is 0 Å². The largest absolute Gasteiger partial charge is 0.416 e. The summed E-state index contributed by atoms with van der Waals surface area (Å²) in [7, 11) is 0. The Labute approximate surface area is 134 Å². The van der Waals surface area contributed by atoms with Gasteiger partial charge in [0.25, 0.3) is 0 Å². The fourth-order valence-electron chi connectivity index (χ4n) is 1.63. The first-order chi connectivity index (χ1) is 10.3. The lowest BCUT2D eigenvalue weighted by Gasteiger charge is -2.11. The molecular weight excluding hydrogens is 340 g/mol. The minimum Gasteiger partial charge on any atom is -0.308 e. The second-order valence-electron chi connectivity index (χ2n) is 4.26. The van der Waals surface area contributed by atoms with Gasteiger partial charge in [-0.05, 0) is 36.4 Å². The molecule has 116 valence electrons. The molecule has 22 heavy (non-hydrogen) atoms. The van der Waals surface area contributed by atoms with Crippen molar-refractivity contribution in [3.8, 4) is 0 Å². The van der Waals surface area contributed by atoms with Crippen molar-refractivity contribution in [3.05, 3.63) is 58.1 Å². The maximum atomic E-state index is 12.4. The van der Waals surface area contributed by atoms with E-state index in [1.165, 1.54) is 0 Å². The van der Waals surface area contributed by atoms with E-state index in [2.05, 4.69) is 10.6 Å². The third-order valence-electron chi connectivity index (χ3n) is 2.67. The number of halogens is 5. The summed E-state index contributed by atoms with van der Waals surface area (Å²) < 4.78 is 37.3. The zero-order chi connectivity index (χ0) is 16.3. The standard InChI is InChI=1S/C14H9Cl2F3N2O/c15-10-2-1-3-11(12(10)16)21-13(22)20-9-6-4-8(5-7-9)14(17,18)19/h1-7H,(H2,20,21,22). The van der Waals surface area contributed by atoms with E-state index in [1.54, 1.807) is 18.2 Å². The summed E-state index contributed by atoms with van der Waals surface area (Å²) in [5, 5.41) is 5.30. The molecule has 2 N–H and O–H groups in total. The van der Waals surface area contributed by atoms with E-state index in [1.807, 2.05) is 0 Å². The van der Waals surface area contributed by atoms with Crippen molar-refractivity contribution in [1.82, 2.24) is 0 Å². The van der Waals surface area contributed by atoms with Crippen molar-refractivity contribution in [1.29, 1.82) is 0 Å². The fraction of sp³-hybridized carbons (Fsp3) is 0.0714. The van der Waals surface area contributed by atoms with Gasteiger partial charge in [-0.25, -0.2) is 4.79 Å². The van der Waals surface area contributed by atoms with E-state index < -0.39 is 17.8 Å². The van der Waals surface area contributed by atoms with Gasteiger partial charge in [-0.1, -0.05) is 29.3 Å². The van der Waals surface area contributed by atoms with Gasteiger partial charge < -0.3 is 10.6 Å². The van der Waals surface area contributed by atoms with Crippen molar-refractivity contribution in [3.63, 3.8) is 0 Å². The quantitative estimate of drug-likeness (QED) is 0.722. The van der Waals surface area contributed by atoms with Gasteiger partial charge >= 0.3 is 12.2 Å². The molecule has 2 amide bonds. The summed E-state index contributed by atoms with van der Waals surface area (Å²) in [6.07, 6.45) is -4.42. The second-order valence-corrected chi connectivity index (χ2v) is 5.04. The van der Waals surface area contributed by atoms with Crippen LogP contribution in [0.5, 0.6) is 0 Å². The number of carbonyl (C=O) groups is 1. The van der Waals surface area contributed by atoms with Crippen LogP contribution in [-0.4, -0.2) is 6.03 Å². The lowest BCUT2D eigenvalue weighted by Crippen LogP contribution is -2.19. The Morgan fingerprint density at radius 3 is 2.18 bits per heavy atom. The molecular formula is C14H9Cl2F3N2O. The molecule has 0 fully saturated rings. The number of carbonyl (C=O) groups excluding carboxylic acids is 1. The highest BCUT2D eigenvalue weighted by atomic mass is 35.5. The van der Waals surface area contributed by atoms with Gasteiger partial charge in [0.15, 0.2) is 0 Å². The predicted octanol–water partition coefficient (Wildman–Crippen LogP) is 5.66. The molecule has 0 atom stereocenters. The van der Waals surface area contributed by atoms with Gasteiger partial charge in [-0.15, -0.1) is 0 Å². The molecule has 2 aromatic carbocycles. The first kappa shape index (κ1) is 16.5. The Bertz CT molecular complexity index is 687. The first-order valence-corrected chi connectivity index (χ1v) is 6.72. The predicted molar refractivity (Wildman–Crippen MR) is 80.5 cm³/mol. The number of anilines is 2. The van der Waals surface area contributed by atoms with Crippen LogP contribution in [0.2, 0.25) is 10.0 Å². The van der Waals surface area contributed by atoms with Gasteiger partial charge in [-0.2, -0.15) is 13.2 Å². The van der Waals surface area contributed by atoms with Crippen LogP contribution in [0, 0.1) is 0 Å². The molecule has 0 heterocycles. The van der Waals surface area contributed by atoms with E-state index in [-0.39, 0.29) is 15.7 Å². The number of urea groups is 1. The van der Waals surface area contributed by atoms with Crippen LogP contribution in [0.25, 0.3) is 0 Å². The molecule has 0 radical (unpaired) electrons. The average Bonchev–Trinajstić information content (AvgIpc) is 2.43. The number of hydrogen-bond donors (Lipinski definition) is 2. The molecule has 0 saturated heterocycles. The molecule has 0 unspecified atom stereocenters. The van der Waals surface area contributed by atoms with Crippen LogP contribution in [0.1, 0.15) is 5.56 Å². The highest BCUT2D eigenvalue weighted by molar-refractivity contribution is 6.44. The molecule has 2 rings (SSSR count). The monoisotopic (exact) mass is 348 g/mol. The molecule has 2 aromatic rings. The molecule has 0 spiro atoms. The summed E-state index contributed by atoms with van der Waals surface area (Å²) in [5.41, 5.74) is -0.293. The summed E-state index contributed by atoms with van der Waals surface area (Å²) in [6.45, 7) is 0. The molecule has 0 aliphatic heterocycles. The summed E-state index contributed by atoms with van der Waals surface area (Å²) in [5.74, 6) is 0. The van der Waals surface area contributed by atoms with Crippen LogP contribution in [-0.2, 0) is 6.18 Å². The van der Waals surface area contributed by atoms with Crippen molar-refractivity contribution >= 4 is 40.6 Å². The maximum absolute atomic E-state index is 12.4. The average molecular weight is 349 g/mol. The number of benzene rings is 2. The van der Waals surface area contributed by atoms with Gasteiger partial charge in [0.1, 0.15) is 0 Å². The van der Waals surface area contributed by atoms with Gasteiger partial charge in [0.05, 0.1) is 21.3 Å². The Morgan fingerprint density at radius 2 is 1.59 bits per heavy atom. The van der Waals surface area contributed by atoms with E-state index in [0.717, 1.165) is 24.3 Å². The highest BCUT2D eigenvalue weighted by Gasteiger charge is 2.29. The Hall–Kier alpha value is -1.92. The van der Waals surface area contributed by atoms with Crippen LogP contribution >= 0.6 is 23.2 Å².